The molecule has 9 nitrogen and oxygen atoms in total. The first-order chi connectivity index (χ1) is 17.7. The van der Waals surface area contributed by atoms with E-state index in [-0.39, 0.29) is 38.8 Å². The largest absolute Gasteiger partial charge is 0.505 e. The fourth-order valence-electron chi connectivity index (χ4n) is 3.91. The second-order valence-electron chi connectivity index (χ2n) is 7.90. The summed E-state index contributed by atoms with van der Waals surface area (Å²) in [6.45, 7) is 1.68. The molecule has 0 unspecified atom stereocenters. The number of azo groups is 1. The van der Waals surface area contributed by atoms with Gasteiger partial charge >= 0.3 is 0 Å². The zero-order chi connectivity index (χ0) is 26.7. The first-order valence-corrected chi connectivity index (χ1v) is 12.9. The molecule has 1 amide bonds. The summed E-state index contributed by atoms with van der Waals surface area (Å²) in [7, 11) is -3.06. The Labute approximate surface area is 218 Å². The van der Waals surface area contributed by atoms with Crippen molar-refractivity contribution in [3.63, 3.8) is 0 Å². The molecule has 11 heteroatoms. The van der Waals surface area contributed by atoms with Crippen LogP contribution >= 0.6 is 11.6 Å². The van der Waals surface area contributed by atoms with Gasteiger partial charge in [-0.05, 0) is 42.1 Å². The van der Waals surface area contributed by atoms with Crippen LogP contribution in [0.15, 0.2) is 81.9 Å². The van der Waals surface area contributed by atoms with E-state index < -0.39 is 21.8 Å². The van der Waals surface area contributed by atoms with Crippen LogP contribution in [0.2, 0.25) is 5.02 Å². The average Bonchev–Trinajstić information content (AvgIpc) is 2.87. The van der Waals surface area contributed by atoms with E-state index in [1.54, 1.807) is 55.5 Å². The lowest BCUT2D eigenvalue weighted by molar-refractivity contribution is 0.102. The lowest BCUT2D eigenvalue weighted by Gasteiger charge is -2.13. The van der Waals surface area contributed by atoms with Crippen LogP contribution in [0.5, 0.6) is 11.5 Å². The average molecular weight is 540 g/mol. The van der Waals surface area contributed by atoms with Crippen molar-refractivity contribution in [2.45, 2.75) is 18.2 Å². The number of rotatable bonds is 7. The minimum Gasteiger partial charge on any atom is -0.505 e. The fraction of sp³-hybridized carbons (Fsp3) is 0.115. The van der Waals surface area contributed by atoms with Gasteiger partial charge in [0.05, 0.1) is 28.3 Å². The highest BCUT2D eigenvalue weighted by Gasteiger charge is 2.22. The molecule has 0 aliphatic carbocycles. The maximum absolute atomic E-state index is 13.2. The van der Waals surface area contributed by atoms with E-state index in [1.807, 2.05) is 0 Å². The first-order valence-electron chi connectivity index (χ1n) is 11.0. The normalized spacial score (nSPS) is 11.7. The zero-order valence-electron chi connectivity index (χ0n) is 19.8. The van der Waals surface area contributed by atoms with Crippen LogP contribution in [-0.4, -0.2) is 31.1 Å². The lowest BCUT2D eigenvalue weighted by Crippen LogP contribution is -2.13. The Bertz CT molecular complexity index is 1650. The van der Waals surface area contributed by atoms with Crippen molar-refractivity contribution in [3.8, 4) is 11.5 Å². The van der Waals surface area contributed by atoms with Crippen molar-refractivity contribution >= 4 is 55.5 Å². The Morgan fingerprint density at radius 1 is 1.03 bits per heavy atom. The van der Waals surface area contributed by atoms with E-state index in [0.29, 0.717) is 22.2 Å². The van der Waals surface area contributed by atoms with Crippen LogP contribution in [0.3, 0.4) is 0 Å². The smallest absolute Gasteiger partial charge is 0.294 e. The van der Waals surface area contributed by atoms with Crippen LogP contribution in [0, 0.1) is 0 Å². The number of nitrogens with one attached hydrogen (secondary N) is 1. The standard InChI is InChI=1S/C26H22ClN3O6S/c1-3-16-22(37(33,34)35)13-12-19(27)23(16)29-30-24-17-9-5-4-8-15(17)14-18(25(24)31)26(32)28-20-10-6-7-11-21(20)36-2/h4-14,31H,3H2,1-2H3,(H,28,32)(H,33,34,35). The summed E-state index contributed by atoms with van der Waals surface area (Å²) in [6, 6.07) is 17.8. The monoisotopic (exact) mass is 539 g/mol. The maximum atomic E-state index is 13.2. The summed E-state index contributed by atoms with van der Waals surface area (Å²) in [6.07, 6.45) is 0.179. The molecule has 37 heavy (non-hydrogen) atoms. The second kappa shape index (κ2) is 10.6. The number of aromatic hydroxyl groups is 1. The Balaban J connectivity index is 1.86. The van der Waals surface area contributed by atoms with E-state index in [4.69, 9.17) is 16.3 Å². The lowest BCUT2D eigenvalue weighted by atomic mass is 10.0. The van der Waals surface area contributed by atoms with Crippen molar-refractivity contribution in [2.24, 2.45) is 10.2 Å². The fourth-order valence-corrected chi connectivity index (χ4v) is 4.92. The molecule has 0 aliphatic rings. The quantitative estimate of drug-likeness (QED) is 0.177. The van der Waals surface area contributed by atoms with Gasteiger partial charge in [0.1, 0.15) is 17.1 Å². The van der Waals surface area contributed by atoms with Crippen LogP contribution in [0.1, 0.15) is 22.8 Å². The van der Waals surface area contributed by atoms with Gasteiger partial charge in [-0.15, -0.1) is 10.2 Å². The number of halogens is 1. The molecule has 0 fully saturated rings. The number of methoxy groups -OCH3 is 1. The molecule has 0 radical (unpaired) electrons. The van der Waals surface area contributed by atoms with Crippen molar-refractivity contribution in [1.29, 1.82) is 0 Å². The molecule has 190 valence electrons. The number of hydrogen-bond acceptors (Lipinski definition) is 7. The molecule has 0 aliphatic heterocycles. The highest BCUT2D eigenvalue weighted by Crippen LogP contribution is 2.42. The minimum atomic E-state index is -4.54. The summed E-state index contributed by atoms with van der Waals surface area (Å²) in [4.78, 5) is 12.8. The second-order valence-corrected chi connectivity index (χ2v) is 9.70. The van der Waals surface area contributed by atoms with Gasteiger partial charge in [0.2, 0.25) is 0 Å². The molecular weight excluding hydrogens is 518 g/mol. The number of carbonyl (C=O) groups is 1. The molecule has 0 heterocycles. The molecule has 0 aromatic heterocycles. The molecular formula is C26H22ClN3O6S. The summed E-state index contributed by atoms with van der Waals surface area (Å²) in [5.74, 6) is -0.601. The number of carbonyl (C=O) groups excluding carboxylic acids is 1. The Morgan fingerprint density at radius 3 is 2.41 bits per heavy atom. The van der Waals surface area contributed by atoms with Crippen LogP contribution in [-0.2, 0) is 16.5 Å². The third-order valence-corrected chi connectivity index (χ3v) is 6.91. The number of hydrogen-bond donors (Lipinski definition) is 3. The predicted octanol–water partition coefficient (Wildman–Crippen LogP) is 6.68. The van der Waals surface area contributed by atoms with E-state index in [1.165, 1.54) is 25.3 Å². The number of phenols is 1. The third-order valence-electron chi connectivity index (χ3n) is 5.67. The number of para-hydroxylation sites is 2. The molecule has 0 atom stereocenters. The number of nitrogens with zero attached hydrogens (tertiary/aromatic N) is 2. The first kappa shape index (κ1) is 26.1. The van der Waals surface area contributed by atoms with Crippen molar-refractivity contribution < 1.29 is 27.6 Å². The molecule has 0 bridgehead atoms. The van der Waals surface area contributed by atoms with Crippen LogP contribution in [0.25, 0.3) is 10.8 Å². The third kappa shape index (κ3) is 5.26. The molecule has 0 spiro atoms. The van der Waals surface area contributed by atoms with Gasteiger partial charge in [-0.25, -0.2) is 0 Å². The summed E-state index contributed by atoms with van der Waals surface area (Å²) in [5, 5.41) is 23.4. The maximum Gasteiger partial charge on any atom is 0.294 e. The number of ether oxygens (including phenoxy) is 1. The highest BCUT2D eigenvalue weighted by molar-refractivity contribution is 7.85. The van der Waals surface area contributed by atoms with Gasteiger partial charge in [0.25, 0.3) is 16.0 Å². The van der Waals surface area contributed by atoms with Gasteiger partial charge in [-0.3, -0.25) is 9.35 Å². The minimum absolute atomic E-state index is 0.0151. The number of anilines is 1. The van der Waals surface area contributed by atoms with Crippen molar-refractivity contribution in [1.82, 2.24) is 0 Å². The Morgan fingerprint density at radius 2 is 1.70 bits per heavy atom. The van der Waals surface area contributed by atoms with Gasteiger partial charge in [0.15, 0.2) is 5.75 Å². The molecule has 4 aromatic carbocycles. The highest BCUT2D eigenvalue weighted by atomic mass is 35.5. The SMILES string of the molecule is CCc1c(S(=O)(=O)O)ccc(Cl)c1N=Nc1c(O)c(C(=O)Nc2ccccc2OC)cc2ccccc12. The van der Waals surface area contributed by atoms with Gasteiger partial charge in [0, 0.05) is 10.9 Å². The van der Waals surface area contributed by atoms with Gasteiger partial charge in [-0.2, -0.15) is 8.42 Å². The Kier molecular flexibility index (Phi) is 7.44. The molecule has 3 N–H and O–H groups in total. The molecule has 4 aromatic rings. The zero-order valence-corrected chi connectivity index (χ0v) is 21.3. The number of amides is 1. The van der Waals surface area contributed by atoms with E-state index in [0.717, 1.165) is 0 Å². The van der Waals surface area contributed by atoms with Gasteiger partial charge < -0.3 is 15.2 Å². The van der Waals surface area contributed by atoms with Crippen molar-refractivity contribution in [3.05, 3.63) is 82.9 Å². The van der Waals surface area contributed by atoms with E-state index in [2.05, 4.69) is 15.5 Å². The molecule has 0 saturated heterocycles. The molecule has 4 rings (SSSR count). The summed E-state index contributed by atoms with van der Waals surface area (Å²) >= 11 is 6.29. The molecule has 0 saturated carbocycles. The Hall–Kier alpha value is -3.99. The van der Waals surface area contributed by atoms with Gasteiger partial charge in [-0.1, -0.05) is 54.9 Å². The number of phenolic OH excluding ortho intramolecular Hbond substituents is 1. The van der Waals surface area contributed by atoms with Crippen LogP contribution in [0.4, 0.5) is 17.1 Å². The summed E-state index contributed by atoms with van der Waals surface area (Å²) in [5.41, 5.74) is 0.511. The number of fused-ring (bicyclic) bond motifs is 1. The summed E-state index contributed by atoms with van der Waals surface area (Å²) < 4.78 is 38.6. The van der Waals surface area contributed by atoms with E-state index in [9.17, 15) is 22.9 Å². The predicted molar refractivity (Wildman–Crippen MR) is 141 cm³/mol. The number of benzene rings is 4. The topological polar surface area (TPSA) is 138 Å². The van der Waals surface area contributed by atoms with Crippen molar-refractivity contribution in [2.75, 3.05) is 12.4 Å². The van der Waals surface area contributed by atoms with Crippen LogP contribution < -0.4 is 10.1 Å². The van der Waals surface area contributed by atoms with E-state index >= 15 is 0 Å².